The number of furan rings is 1. The summed E-state index contributed by atoms with van der Waals surface area (Å²) in [6, 6.07) is 65.6. The van der Waals surface area contributed by atoms with Crippen LogP contribution < -0.4 is 9.80 Å². The number of nitrogens with zero attached hydrogens (tertiary/aromatic N) is 2. The maximum absolute atomic E-state index is 6.57. The molecule has 0 aliphatic rings. The van der Waals surface area contributed by atoms with Gasteiger partial charge in [0, 0.05) is 40.4 Å². The van der Waals surface area contributed by atoms with Gasteiger partial charge in [-0.25, -0.2) is 0 Å². The normalized spacial score (nSPS) is 11.8. The van der Waals surface area contributed by atoms with Crippen LogP contribution in [0.5, 0.6) is 0 Å². The van der Waals surface area contributed by atoms with Gasteiger partial charge in [-0.3, -0.25) is 0 Å². The van der Waals surface area contributed by atoms with Crippen molar-refractivity contribution in [1.82, 2.24) is 0 Å². The Labute approximate surface area is 408 Å². The average molecular weight is 895 g/mol. The summed E-state index contributed by atoms with van der Waals surface area (Å²) in [6.07, 6.45) is 21.3. The van der Waals surface area contributed by atoms with Crippen molar-refractivity contribution in [3.05, 3.63) is 260 Å². The summed E-state index contributed by atoms with van der Waals surface area (Å²) in [7, 11) is 2.17. The van der Waals surface area contributed by atoms with Gasteiger partial charge in [0.2, 0.25) is 0 Å². The third-order valence-corrected chi connectivity index (χ3v) is 12.8. The second-order valence-corrected chi connectivity index (χ2v) is 17.2. The molecule has 0 fully saturated rings. The molecule has 1 heterocycles. The van der Waals surface area contributed by atoms with Crippen LogP contribution in [0.3, 0.4) is 0 Å². The van der Waals surface area contributed by atoms with E-state index < -0.39 is 0 Å². The van der Waals surface area contributed by atoms with E-state index in [1.807, 2.05) is 43.4 Å². The Morgan fingerprint density at radius 1 is 0.565 bits per heavy atom. The minimum Gasteiger partial charge on any atom is -0.454 e. The summed E-state index contributed by atoms with van der Waals surface area (Å²) in [4.78, 5) is 4.72. The molecule has 0 aliphatic carbocycles. The van der Waals surface area contributed by atoms with Gasteiger partial charge in [0.1, 0.15) is 5.58 Å². The maximum atomic E-state index is 6.57. The molecule has 0 bridgehead atoms. The standard InChI is InChI=1S/C66H58N2O/c1-6-9-11-12-17-32-59-57(34-23-37-62(59)67(5)64-38-24-35-61-60-33-19-21-39-65(60)69-66(61)64)53-29-22-30-55(47-53)68(63-36-20-18-31-58(63)50-27-15-13-16-28-50)54-43-40-49(41-44-54)51-42-45-56(52(46-51)25-8-3)48(4)26-14-10-7-2/h6-11,13-16,18-31,33-47H,1,4,12,17,32H2,2-3,5H3/b10-7-,11-9-,25-8-,26-14-. The van der Waals surface area contributed by atoms with Crippen LogP contribution in [0, 0.1) is 0 Å². The van der Waals surface area contributed by atoms with E-state index in [1.165, 1.54) is 11.1 Å². The monoisotopic (exact) mass is 894 g/mol. The van der Waals surface area contributed by atoms with Crippen molar-refractivity contribution in [2.24, 2.45) is 0 Å². The summed E-state index contributed by atoms with van der Waals surface area (Å²) in [5.74, 6) is 0. The van der Waals surface area contributed by atoms with Gasteiger partial charge in [0.25, 0.3) is 0 Å². The first-order chi connectivity index (χ1) is 34.0. The molecule has 0 spiro atoms. The van der Waals surface area contributed by atoms with Crippen molar-refractivity contribution in [3.63, 3.8) is 0 Å². The molecular formula is C66H58N2O. The molecule has 0 unspecified atom stereocenters. The van der Waals surface area contributed by atoms with Crippen molar-refractivity contribution >= 4 is 62.0 Å². The third kappa shape index (κ3) is 9.86. The van der Waals surface area contributed by atoms with E-state index in [-0.39, 0.29) is 0 Å². The molecule has 338 valence electrons. The van der Waals surface area contributed by atoms with E-state index in [2.05, 4.69) is 237 Å². The van der Waals surface area contributed by atoms with Crippen LogP contribution in [0.2, 0.25) is 0 Å². The summed E-state index contributed by atoms with van der Waals surface area (Å²) >= 11 is 0. The lowest BCUT2D eigenvalue weighted by molar-refractivity contribution is 0.668. The largest absolute Gasteiger partial charge is 0.454 e. The fraction of sp³-hybridized carbons (Fsp3) is 0.0909. The van der Waals surface area contributed by atoms with E-state index >= 15 is 0 Å². The summed E-state index contributed by atoms with van der Waals surface area (Å²) in [5.41, 5.74) is 18.7. The second-order valence-electron chi connectivity index (χ2n) is 17.2. The maximum Gasteiger partial charge on any atom is 0.159 e. The van der Waals surface area contributed by atoms with Gasteiger partial charge in [-0.2, -0.15) is 0 Å². The van der Waals surface area contributed by atoms with Crippen LogP contribution in [0.15, 0.2) is 248 Å². The minimum absolute atomic E-state index is 0.886. The van der Waals surface area contributed by atoms with Crippen LogP contribution >= 0.6 is 0 Å². The highest BCUT2D eigenvalue weighted by molar-refractivity contribution is 6.09. The number of para-hydroxylation sites is 3. The molecule has 0 radical (unpaired) electrons. The van der Waals surface area contributed by atoms with E-state index in [0.717, 1.165) is 114 Å². The van der Waals surface area contributed by atoms with Crippen molar-refractivity contribution in [3.8, 4) is 33.4 Å². The number of unbranched alkanes of at least 4 members (excludes halogenated alkanes) is 1. The Morgan fingerprint density at radius 3 is 2.09 bits per heavy atom. The molecule has 9 rings (SSSR count). The molecule has 3 heteroatoms. The highest BCUT2D eigenvalue weighted by Gasteiger charge is 2.22. The Bertz CT molecular complexity index is 3380. The number of benzene rings is 8. The molecule has 0 amide bonds. The van der Waals surface area contributed by atoms with Crippen molar-refractivity contribution < 1.29 is 4.42 Å². The first-order valence-electron chi connectivity index (χ1n) is 23.9. The molecule has 0 N–H and O–H groups in total. The van der Waals surface area contributed by atoms with Crippen LogP contribution in [0.25, 0.3) is 67.0 Å². The molecule has 0 atom stereocenters. The zero-order valence-electron chi connectivity index (χ0n) is 39.9. The Kier molecular flexibility index (Phi) is 14.2. The molecule has 0 saturated carbocycles. The quantitative estimate of drug-likeness (QED) is 0.0671. The number of allylic oxidation sites excluding steroid dienone is 9. The molecule has 69 heavy (non-hydrogen) atoms. The van der Waals surface area contributed by atoms with Gasteiger partial charge in [0.05, 0.1) is 11.4 Å². The molecule has 8 aromatic carbocycles. The smallest absolute Gasteiger partial charge is 0.159 e. The fourth-order valence-corrected chi connectivity index (χ4v) is 9.44. The summed E-state index contributed by atoms with van der Waals surface area (Å²) in [6.45, 7) is 12.4. The van der Waals surface area contributed by atoms with E-state index in [1.54, 1.807) is 0 Å². The van der Waals surface area contributed by atoms with E-state index in [9.17, 15) is 0 Å². The molecule has 3 nitrogen and oxygen atoms in total. The Balaban J connectivity index is 1.15. The zero-order valence-corrected chi connectivity index (χ0v) is 39.9. The number of rotatable bonds is 17. The van der Waals surface area contributed by atoms with Crippen LogP contribution in [-0.2, 0) is 6.42 Å². The SMILES string of the molecule is C=C/C=C\CCCc1c(-c2cccc(N(c3ccc(-c4ccc(C(=C)/C=C\C=C/C)c(/C=C\C)c4)cc3)c3ccccc3-c3ccccc3)c2)cccc1N(C)c1cccc2c1oc1ccccc12. The van der Waals surface area contributed by atoms with Crippen molar-refractivity contribution in [1.29, 1.82) is 0 Å². The van der Waals surface area contributed by atoms with E-state index in [0.29, 0.717) is 0 Å². The lowest BCUT2D eigenvalue weighted by Crippen LogP contribution is -2.13. The van der Waals surface area contributed by atoms with Gasteiger partial charge in [-0.15, -0.1) is 0 Å². The summed E-state index contributed by atoms with van der Waals surface area (Å²) < 4.78 is 6.57. The van der Waals surface area contributed by atoms with Gasteiger partial charge >= 0.3 is 0 Å². The first kappa shape index (κ1) is 45.7. The van der Waals surface area contributed by atoms with Gasteiger partial charge in [-0.1, -0.05) is 195 Å². The van der Waals surface area contributed by atoms with Crippen LogP contribution in [0.1, 0.15) is 43.4 Å². The highest BCUT2D eigenvalue weighted by Crippen LogP contribution is 2.45. The topological polar surface area (TPSA) is 19.6 Å². The molecule has 0 aliphatic heterocycles. The van der Waals surface area contributed by atoms with Gasteiger partial charge in [0.15, 0.2) is 5.58 Å². The molecule has 0 saturated heterocycles. The zero-order chi connectivity index (χ0) is 47.5. The second kappa shape index (κ2) is 21.5. The minimum atomic E-state index is 0.886. The average Bonchev–Trinajstić information content (AvgIpc) is 3.78. The van der Waals surface area contributed by atoms with Crippen molar-refractivity contribution in [2.45, 2.75) is 33.1 Å². The number of hydrogen-bond acceptors (Lipinski definition) is 3. The van der Waals surface area contributed by atoms with Gasteiger partial charge in [-0.05, 0) is 138 Å². The molecular weight excluding hydrogens is 837 g/mol. The summed E-state index contributed by atoms with van der Waals surface area (Å²) in [5, 5.41) is 2.24. The number of hydrogen-bond donors (Lipinski definition) is 0. The number of fused-ring (bicyclic) bond motifs is 3. The Morgan fingerprint density at radius 2 is 1.26 bits per heavy atom. The van der Waals surface area contributed by atoms with Crippen LogP contribution in [-0.4, -0.2) is 7.05 Å². The molecule has 1 aromatic heterocycles. The molecule has 9 aromatic rings. The number of anilines is 5. The predicted molar refractivity (Wildman–Crippen MR) is 299 cm³/mol. The lowest BCUT2D eigenvalue weighted by atomic mass is 9.93. The Hall–Kier alpha value is -8.40. The van der Waals surface area contributed by atoms with Crippen molar-refractivity contribution in [2.75, 3.05) is 16.8 Å². The predicted octanol–water partition coefficient (Wildman–Crippen LogP) is 19.1. The van der Waals surface area contributed by atoms with Gasteiger partial charge < -0.3 is 14.2 Å². The fourth-order valence-electron chi connectivity index (χ4n) is 9.44. The first-order valence-corrected chi connectivity index (χ1v) is 23.9. The van der Waals surface area contributed by atoms with Crippen LogP contribution in [0.4, 0.5) is 28.4 Å². The third-order valence-electron chi connectivity index (χ3n) is 12.8. The highest BCUT2D eigenvalue weighted by atomic mass is 16.3. The lowest BCUT2D eigenvalue weighted by Gasteiger charge is -2.29. The van der Waals surface area contributed by atoms with E-state index in [4.69, 9.17) is 4.42 Å².